The predicted octanol–water partition coefficient (Wildman–Crippen LogP) is 2.65. The van der Waals surface area contributed by atoms with E-state index in [1.54, 1.807) is 11.0 Å². The molecular weight excluding hydrogens is 318 g/mol. The van der Waals surface area contributed by atoms with Crippen LogP contribution in [0.25, 0.3) is 0 Å². The van der Waals surface area contributed by atoms with Gasteiger partial charge in [-0.2, -0.15) is 10.4 Å². The Kier molecular flexibility index (Phi) is 6.12. The zero-order valence-corrected chi connectivity index (χ0v) is 14.8. The highest BCUT2D eigenvalue weighted by Crippen LogP contribution is 2.14. The van der Waals surface area contributed by atoms with Gasteiger partial charge in [0.1, 0.15) is 24.3 Å². The van der Waals surface area contributed by atoms with E-state index < -0.39 is 17.7 Å². The molecule has 1 amide bonds. The van der Waals surface area contributed by atoms with Crippen LogP contribution in [-0.4, -0.2) is 33.0 Å². The number of aromatic nitrogens is 3. The molecule has 1 atom stereocenters. The average Bonchev–Trinajstić information content (AvgIpc) is 3.05. The van der Waals surface area contributed by atoms with Gasteiger partial charge >= 0.3 is 6.09 Å². The lowest BCUT2D eigenvalue weighted by atomic mass is 10.0. The fraction of sp³-hybridized carbons (Fsp3) is 0.444. The summed E-state index contributed by atoms with van der Waals surface area (Å²) in [5.41, 5.74) is 1.62. The van der Waals surface area contributed by atoms with Crippen molar-refractivity contribution < 1.29 is 9.53 Å². The van der Waals surface area contributed by atoms with Crippen LogP contribution in [-0.2, 0) is 17.6 Å². The lowest BCUT2D eigenvalue weighted by molar-refractivity contribution is 0.0528. The first-order valence-electron chi connectivity index (χ1n) is 8.16. The second-order valence-corrected chi connectivity index (χ2v) is 6.72. The maximum Gasteiger partial charge on any atom is 0.407 e. The van der Waals surface area contributed by atoms with E-state index in [4.69, 9.17) is 4.74 Å². The smallest absolute Gasteiger partial charge is 0.407 e. The Bertz CT molecular complexity index is 729. The Morgan fingerprint density at radius 2 is 2.16 bits per heavy atom. The van der Waals surface area contributed by atoms with Crippen LogP contribution in [0.5, 0.6) is 0 Å². The van der Waals surface area contributed by atoms with Crippen molar-refractivity contribution in [1.82, 2.24) is 20.1 Å². The van der Waals surface area contributed by atoms with Gasteiger partial charge in [0.15, 0.2) is 0 Å². The number of hydrogen-bond acceptors (Lipinski definition) is 5. The summed E-state index contributed by atoms with van der Waals surface area (Å²) in [7, 11) is 0. The van der Waals surface area contributed by atoms with Crippen LogP contribution in [0.15, 0.2) is 36.9 Å². The molecular formula is C18H23N5O2. The van der Waals surface area contributed by atoms with E-state index in [0.717, 1.165) is 11.1 Å². The van der Waals surface area contributed by atoms with Crippen LogP contribution in [0.1, 0.15) is 37.9 Å². The summed E-state index contributed by atoms with van der Waals surface area (Å²) in [5, 5.41) is 16.1. The van der Waals surface area contributed by atoms with Gasteiger partial charge in [-0.25, -0.2) is 14.5 Å². The standard InChI is InChI=1S/C18H23N5O2/c1-18(2,3)25-17(24)21-8-7-14-5-4-6-15(9-14)10-16(11-19)23-13-20-12-22-23/h4-6,9,12-13,16H,7-8,10H2,1-3H3,(H,21,24). The Labute approximate surface area is 147 Å². The highest BCUT2D eigenvalue weighted by molar-refractivity contribution is 5.67. The van der Waals surface area contributed by atoms with Crippen molar-refractivity contribution in [2.45, 2.75) is 45.3 Å². The van der Waals surface area contributed by atoms with Gasteiger partial charge in [-0.15, -0.1) is 0 Å². The van der Waals surface area contributed by atoms with E-state index in [-0.39, 0.29) is 0 Å². The van der Waals surface area contributed by atoms with Gasteiger partial charge in [0, 0.05) is 13.0 Å². The summed E-state index contributed by atoms with van der Waals surface area (Å²) >= 11 is 0. The Hall–Kier alpha value is -2.88. The number of amides is 1. The second-order valence-electron chi connectivity index (χ2n) is 6.72. The van der Waals surface area contributed by atoms with Gasteiger partial charge in [-0.3, -0.25) is 0 Å². The first kappa shape index (κ1) is 18.5. The number of carbonyl (C=O) groups excluding carboxylic acids is 1. The quantitative estimate of drug-likeness (QED) is 0.872. The zero-order valence-electron chi connectivity index (χ0n) is 14.8. The molecule has 0 aliphatic carbocycles. The Morgan fingerprint density at radius 3 is 2.80 bits per heavy atom. The van der Waals surface area contributed by atoms with Crippen LogP contribution >= 0.6 is 0 Å². The van der Waals surface area contributed by atoms with Gasteiger partial charge in [0.05, 0.1) is 6.07 Å². The minimum atomic E-state index is -0.502. The molecule has 1 heterocycles. The summed E-state index contributed by atoms with van der Waals surface area (Å²) in [4.78, 5) is 15.5. The van der Waals surface area contributed by atoms with Crippen LogP contribution in [0.2, 0.25) is 0 Å². The molecule has 0 aliphatic rings. The van der Waals surface area contributed by atoms with Crippen molar-refractivity contribution in [3.8, 4) is 6.07 Å². The third-order valence-electron chi connectivity index (χ3n) is 3.41. The van der Waals surface area contributed by atoms with E-state index in [1.807, 2.05) is 45.0 Å². The van der Waals surface area contributed by atoms with Gasteiger partial charge in [0.25, 0.3) is 0 Å². The van der Waals surface area contributed by atoms with Gasteiger partial charge in [0.2, 0.25) is 0 Å². The minimum Gasteiger partial charge on any atom is -0.444 e. The largest absolute Gasteiger partial charge is 0.444 e. The van der Waals surface area contributed by atoms with Crippen LogP contribution in [0, 0.1) is 11.3 Å². The molecule has 1 N–H and O–H groups in total. The van der Waals surface area contributed by atoms with Crippen molar-refractivity contribution in [1.29, 1.82) is 5.26 Å². The number of benzene rings is 1. The maximum absolute atomic E-state index is 11.6. The van der Waals surface area contributed by atoms with Gasteiger partial charge < -0.3 is 10.1 Å². The Morgan fingerprint density at radius 1 is 1.40 bits per heavy atom. The fourth-order valence-electron chi connectivity index (χ4n) is 2.34. The third-order valence-corrected chi connectivity index (χ3v) is 3.41. The molecule has 0 saturated heterocycles. The SMILES string of the molecule is CC(C)(C)OC(=O)NCCc1cccc(CC(C#N)n2cncn2)c1. The lowest BCUT2D eigenvalue weighted by Gasteiger charge is -2.19. The first-order valence-corrected chi connectivity index (χ1v) is 8.16. The van der Waals surface area contributed by atoms with E-state index >= 15 is 0 Å². The van der Waals surface area contributed by atoms with Crippen molar-refractivity contribution in [3.05, 3.63) is 48.0 Å². The first-order chi connectivity index (χ1) is 11.9. The second kappa shape index (κ2) is 8.29. The van der Waals surface area contributed by atoms with Crippen molar-refractivity contribution >= 4 is 6.09 Å². The number of hydrogen-bond donors (Lipinski definition) is 1. The molecule has 25 heavy (non-hydrogen) atoms. The third kappa shape index (κ3) is 6.26. The van der Waals surface area contributed by atoms with E-state index in [0.29, 0.717) is 19.4 Å². The van der Waals surface area contributed by atoms with Crippen LogP contribution in [0.3, 0.4) is 0 Å². The molecule has 1 aromatic carbocycles. The van der Waals surface area contributed by atoms with Crippen molar-refractivity contribution in [2.24, 2.45) is 0 Å². The average molecular weight is 341 g/mol. The number of ether oxygens (including phenoxy) is 1. The molecule has 0 spiro atoms. The predicted molar refractivity (Wildman–Crippen MR) is 92.8 cm³/mol. The molecule has 0 saturated carbocycles. The number of carbonyl (C=O) groups is 1. The topological polar surface area (TPSA) is 92.8 Å². The normalized spacial score (nSPS) is 12.2. The lowest BCUT2D eigenvalue weighted by Crippen LogP contribution is -2.33. The van der Waals surface area contributed by atoms with Crippen molar-refractivity contribution in [3.63, 3.8) is 0 Å². The molecule has 7 heteroatoms. The van der Waals surface area contributed by atoms with E-state index in [1.165, 1.54) is 6.33 Å². The molecule has 2 rings (SSSR count). The molecule has 0 bridgehead atoms. The van der Waals surface area contributed by atoms with Gasteiger partial charge in [-0.1, -0.05) is 24.3 Å². The van der Waals surface area contributed by atoms with Crippen LogP contribution in [0.4, 0.5) is 4.79 Å². The summed E-state index contributed by atoms with van der Waals surface area (Å²) in [5.74, 6) is 0. The molecule has 0 fully saturated rings. The number of rotatable bonds is 6. The highest BCUT2D eigenvalue weighted by atomic mass is 16.6. The maximum atomic E-state index is 11.6. The van der Waals surface area contributed by atoms with Gasteiger partial charge in [-0.05, 0) is 38.3 Å². The summed E-state index contributed by atoms with van der Waals surface area (Å²) in [6.07, 6.45) is 3.78. The molecule has 2 aromatic rings. The number of nitrogens with one attached hydrogen (secondary N) is 1. The molecule has 132 valence electrons. The van der Waals surface area contributed by atoms with Crippen molar-refractivity contribution in [2.75, 3.05) is 6.54 Å². The monoisotopic (exact) mass is 341 g/mol. The molecule has 0 aliphatic heterocycles. The number of alkyl carbamates (subject to hydrolysis) is 1. The summed E-state index contributed by atoms with van der Waals surface area (Å²) in [6.45, 7) is 5.98. The summed E-state index contributed by atoms with van der Waals surface area (Å²) < 4.78 is 6.76. The molecule has 7 nitrogen and oxygen atoms in total. The Balaban J connectivity index is 1.89. The molecule has 1 aromatic heterocycles. The van der Waals surface area contributed by atoms with E-state index in [9.17, 15) is 10.1 Å². The number of nitrogens with zero attached hydrogens (tertiary/aromatic N) is 4. The fourth-order valence-corrected chi connectivity index (χ4v) is 2.34. The minimum absolute atomic E-state index is 0.391. The summed E-state index contributed by atoms with van der Waals surface area (Å²) in [6, 6.07) is 9.82. The highest BCUT2D eigenvalue weighted by Gasteiger charge is 2.15. The number of nitriles is 1. The molecule has 1 unspecified atom stereocenters. The zero-order chi connectivity index (χ0) is 18.3. The van der Waals surface area contributed by atoms with Crippen LogP contribution < -0.4 is 5.32 Å². The molecule has 0 radical (unpaired) electrons. The van der Waals surface area contributed by atoms with E-state index in [2.05, 4.69) is 21.5 Å².